The van der Waals surface area contributed by atoms with Gasteiger partial charge in [0.25, 0.3) is 0 Å². The Balaban J connectivity index is 1.76. The van der Waals surface area contributed by atoms with Crippen LogP contribution in [0.25, 0.3) is 11.3 Å². The molecule has 0 aliphatic heterocycles. The average Bonchev–Trinajstić information content (AvgIpc) is 3.08. The minimum Gasteiger partial charge on any atom is -0.497 e. The van der Waals surface area contributed by atoms with E-state index in [-0.39, 0.29) is 25.4 Å². The summed E-state index contributed by atoms with van der Waals surface area (Å²) in [6, 6.07) is 6.73. The molecular formula is C18H21F3N2O4. The van der Waals surface area contributed by atoms with E-state index < -0.39 is 18.8 Å². The lowest BCUT2D eigenvalue weighted by molar-refractivity contribution is -0.175. The molecule has 0 bridgehead atoms. The van der Waals surface area contributed by atoms with Crippen molar-refractivity contribution in [3.63, 3.8) is 0 Å². The van der Waals surface area contributed by atoms with Crippen molar-refractivity contribution < 1.29 is 31.9 Å². The number of alkyl halides is 3. The summed E-state index contributed by atoms with van der Waals surface area (Å²) in [6.07, 6.45) is -2.43. The molecule has 0 saturated heterocycles. The van der Waals surface area contributed by atoms with Gasteiger partial charge in [-0.3, -0.25) is 4.79 Å². The second-order valence-electron chi connectivity index (χ2n) is 5.95. The van der Waals surface area contributed by atoms with Gasteiger partial charge in [-0.1, -0.05) is 0 Å². The summed E-state index contributed by atoms with van der Waals surface area (Å²) in [5.41, 5.74) is 0.828. The van der Waals surface area contributed by atoms with Gasteiger partial charge in [0, 0.05) is 24.4 Å². The number of halogens is 3. The molecule has 1 amide bonds. The molecule has 1 aromatic carbocycles. The van der Waals surface area contributed by atoms with Crippen molar-refractivity contribution in [2.75, 3.05) is 20.3 Å². The number of benzene rings is 1. The van der Waals surface area contributed by atoms with E-state index in [9.17, 15) is 18.0 Å². The van der Waals surface area contributed by atoms with Gasteiger partial charge in [0.2, 0.25) is 5.91 Å². The van der Waals surface area contributed by atoms with E-state index in [2.05, 4.69) is 15.0 Å². The van der Waals surface area contributed by atoms with E-state index >= 15 is 0 Å². The third kappa shape index (κ3) is 7.30. The molecule has 6 nitrogen and oxygen atoms in total. The fourth-order valence-electron chi connectivity index (χ4n) is 2.28. The third-order valence-electron chi connectivity index (χ3n) is 3.53. The Labute approximate surface area is 154 Å². The van der Waals surface area contributed by atoms with Crippen LogP contribution in [0.3, 0.4) is 0 Å². The number of amides is 1. The van der Waals surface area contributed by atoms with Crippen molar-refractivity contribution >= 4 is 5.91 Å². The van der Waals surface area contributed by atoms with Gasteiger partial charge in [-0.25, -0.2) is 4.98 Å². The first-order valence-electron chi connectivity index (χ1n) is 8.30. The zero-order valence-corrected chi connectivity index (χ0v) is 15.0. The number of aromatic nitrogens is 1. The van der Waals surface area contributed by atoms with Gasteiger partial charge in [0.05, 0.1) is 19.9 Å². The van der Waals surface area contributed by atoms with Gasteiger partial charge in [-0.2, -0.15) is 13.2 Å². The first-order chi connectivity index (χ1) is 12.8. The molecule has 2 rings (SSSR count). The second kappa shape index (κ2) is 9.40. The quantitative estimate of drug-likeness (QED) is 0.715. The van der Waals surface area contributed by atoms with Crippen LogP contribution in [0.1, 0.15) is 19.2 Å². The summed E-state index contributed by atoms with van der Waals surface area (Å²) >= 11 is 0. The monoisotopic (exact) mass is 386 g/mol. The molecule has 0 aliphatic carbocycles. The zero-order chi connectivity index (χ0) is 19.9. The first-order valence-corrected chi connectivity index (χ1v) is 8.30. The molecule has 1 N–H and O–H groups in total. The molecule has 1 unspecified atom stereocenters. The van der Waals surface area contributed by atoms with Crippen LogP contribution in [0, 0.1) is 0 Å². The van der Waals surface area contributed by atoms with Crippen molar-refractivity contribution in [3.05, 3.63) is 36.4 Å². The number of nitrogens with zero attached hydrogens (tertiary/aromatic N) is 1. The number of carbonyl (C=O) groups excluding carboxylic acids is 1. The normalized spacial score (nSPS) is 12.6. The Kier molecular flexibility index (Phi) is 7.23. The molecule has 9 heteroatoms. The lowest BCUT2D eigenvalue weighted by atomic mass is 10.2. The van der Waals surface area contributed by atoms with Gasteiger partial charge in [-0.05, 0) is 31.2 Å². The molecule has 2 aromatic rings. The minimum atomic E-state index is -4.38. The summed E-state index contributed by atoms with van der Waals surface area (Å²) in [6.45, 7) is 0.0186. The fraction of sp³-hybridized carbons (Fsp3) is 0.444. The van der Waals surface area contributed by atoms with Crippen molar-refractivity contribution in [2.24, 2.45) is 0 Å². The maximum atomic E-state index is 12.0. The highest BCUT2D eigenvalue weighted by Crippen LogP contribution is 2.23. The predicted molar refractivity (Wildman–Crippen MR) is 91.3 cm³/mol. The minimum absolute atomic E-state index is 0.103. The van der Waals surface area contributed by atoms with E-state index in [1.54, 1.807) is 32.4 Å². The van der Waals surface area contributed by atoms with Gasteiger partial charge >= 0.3 is 6.18 Å². The topological polar surface area (TPSA) is 73.6 Å². The van der Waals surface area contributed by atoms with Crippen molar-refractivity contribution in [2.45, 2.75) is 32.0 Å². The Hall–Kier alpha value is -2.55. The van der Waals surface area contributed by atoms with Crippen LogP contribution >= 0.6 is 0 Å². The molecule has 0 aliphatic rings. The van der Waals surface area contributed by atoms with Gasteiger partial charge < -0.3 is 19.2 Å². The first kappa shape index (κ1) is 20.8. The average molecular weight is 386 g/mol. The Morgan fingerprint density at radius 3 is 2.63 bits per heavy atom. The Morgan fingerprint density at radius 1 is 1.30 bits per heavy atom. The van der Waals surface area contributed by atoms with Crippen molar-refractivity contribution in [1.82, 2.24) is 10.3 Å². The van der Waals surface area contributed by atoms with Crippen LogP contribution < -0.4 is 10.1 Å². The molecule has 0 spiro atoms. The molecule has 1 aromatic heterocycles. The number of carbonyl (C=O) groups is 1. The van der Waals surface area contributed by atoms with E-state index in [0.29, 0.717) is 11.7 Å². The fourth-order valence-corrected chi connectivity index (χ4v) is 2.28. The largest absolute Gasteiger partial charge is 0.497 e. The molecule has 1 heterocycles. The zero-order valence-electron chi connectivity index (χ0n) is 15.0. The smallest absolute Gasteiger partial charge is 0.411 e. The lowest BCUT2D eigenvalue weighted by Crippen LogP contribution is -2.37. The predicted octanol–water partition coefficient (Wildman–Crippen LogP) is 3.37. The second-order valence-corrected chi connectivity index (χ2v) is 5.95. The highest BCUT2D eigenvalue weighted by atomic mass is 19.4. The highest BCUT2D eigenvalue weighted by Gasteiger charge is 2.27. The number of aryl methyl sites for hydroxylation is 1. The van der Waals surface area contributed by atoms with Crippen LogP contribution in [0.15, 0.2) is 34.9 Å². The van der Waals surface area contributed by atoms with Crippen molar-refractivity contribution in [1.29, 1.82) is 0 Å². The standard InChI is InChI=1S/C18H21F3N2O4/c1-12(10-26-11-18(19,20)21)23-16(24)7-8-17-22-9-15(27-17)13-3-5-14(25-2)6-4-13/h3-6,9,12H,7-8,10-11H2,1-2H3,(H,23,24). The molecule has 0 fully saturated rings. The number of oxazole rings is 1. The number of hydrogen-bond donors (Lipinski definition) is 1. The Bertz CT molecular complexity index is 729. The van der Waals surface area contributed by atoms with Crippen LogP contribution in [-0.2, 0) is 16.0 Å². The number of hydrogen-bond acceptors (Lipinski definition) is 5. The highest BCUT2D eigenvalue weighted by molar-refractivity contribution is 5.76. The van der Waals surface area contributed by atoms with Gasteiger partial charge in [0.1, 0.15) is 12.4 Å². The third-order valence-corrected chi connectivity index (χ3v) is 3.53. The van der Waals surface area contributed by atoms with Crippen LogP contribution in [0.4, 0.5) is 13.2 Å². The summed E-state index contributed by atoms with van der Waals surface area (Å²) in [4.78, 5) is 16.0. The number of rotatable bonds is 9. The molecule has 1 atom stereocenters. The number of methoxy groups -OCH3 is 1. The maximum Gasteiger partial charge on any atom is 0.411 e. The van der Waals surface area contributed by atoms with Crippen LogP contribution in [0.2, 0.25) is 0 Å². The Morgan fingerprint density at radius 2 is 2.00 bits per heavy atom. The van der Waals surface area contributed by atoms with Gasteiger partial charge in [0.15, 0.2) is 11.7 Å². The molecule has 27 heavy (non-hydrogen) atoms. The molecule has 148 valence electrons. The van der Waals surface area contributed by atoms with Gasteiger partial charge in [-0.15, -0.1) is 0 Å². The lowest BCUT2D eigenvalue weighted by Gasteiger charge is -2.14. The van der Waals surface area contributed by atoms with Crippen molar-refractivity contribution in [3.8, 4) is 17.1 Å². The number of ether oxygens (including phenoxy) is 2. The van der Waals surface area contributed by atoms with E-state index in [1.165, 1.54) is 0 Å². The number of nitrogens with one attached hydrogen (secondary N) is 1. The summed E-state index contributed by atoms with van der Waals surface area (Å²) in [7, 11) is 1.58. The summed E-state index contributed by atoms with van der Waals surface area (Å²) < 4.78 is 51.2. The molecular weight excluding hydrogens is 365 g/mol. The SMILES string of the molecule is COc1ccc(-c2cnc(CCC(=O)NC(C)COCC(F)(F)F)o2)cc1. The maximum absolute atomic E-state index is 12.0. The van der Waals surface area contributed by atoms with Crippen LogP contribution in [0.5, 0.6) is 5.75 Å². The van der Waals surface area contributed by atoms with E-state index in [4.69, 9.17) is 9.15 Å². The van der Waals surface area contributed by atoms with E-state index in [1.807, 2.05) is 12.1 Å². The van der Waals surface area contributed by atoms with E-state index in [0.717, 1.165) is 11.3 Å². The summed E-state index contributed by atoms with van der Waals surface area (Å²) in [5.74, 6) is 1.38. The summed E-state index contributed by atoms with van der Waals surface area (Å²) in [5, 5.41) is 2.57. The molecule has 0 saturated carbocycles. The molecule has 0 radical (unpaired) electrons. The van der Waals surface area contributed by atoms with Crippen LogP contribution in [-0.4, -0.2) is 43.4 Å².